The molecule has 9 rings (SSSR count). The Hall–Kier alpha value is -18.5. The van der Waals surface area contributed by atoms with Crippen LogP contribution in [0.5, 0.6) is 23.0 Å². The highest BCUT2D eigenvalue weighted by Crippen LogP contribution is 2.56. The van der Waals surface area contributed by atoms with Crippen LogP contribution in [0.2, 0.25) is 36.3 Å². The highest BCUT2D eigenvalue weighted by Gasteiger charge is 2.58. The summed E-state index contributed by atoms with van der Waals surface area (Å²) in [6, 6.07) is 28.0. The fourth-order valence-electron chi connectivity index (χ4n) is 12.7. The van der Waals surface area contributed by atoms with E-state index in [1.165, 1.54) is 38.1 Å². The quantitative estimate of drug-likeness (QED) is 0.00775. The van der Waals surface area contributed by atoms with E-state index in [1.54, 1.807) is 38.1 Å². The number of phosphoric acid groups is 1. The molecule has 147 heavy (non-hydrogen) atoms. The van der Waals surface area contributed by atoms with Gasteiger partial charge < -0.3 is 56.4 Å². The molecule has 2 aliphatic rings. The lowest BCUT2D eigenvalue weighted by molar-refractivity contribution is -0.156. The predicted molar refractivity (Wildman–Crippen MR) is 553 cm³/mol. The van der Waals surface area contributed by atoms with Crippen molar-refractivity contribution in [2.45, 2.75) is 166 Å². The average Bonchev–Trinajstić information content (AvgIpc) is 1.46. The summed E-state index contributed by atoms with van der Waals surface area (Å²) in [6.45, 7) is 29.1. The number of carbonyl (C=O) groups excluding carboxylic acids is 4. The molecule has 29 nitrogen and oxygen atoms in total. The summed E-state index contributed by atoms with van der Waals surface area (Å²) in [7, 11) is -8.95. The summed E-state index contributed by atoms with van der Waals surface area (Å²) < 4.78 is 105. The second kappa shape index (κ2) is 55.1. The minimum atomic E-state index is -5.45. The van der Waals surface area contributed by atoms with Gasteiger partial charge in [-0.1, -0.05) is 110 Å². The topological polar surface area (TPSA) is 329 Å². The molecule has 3 unspecified atom stereocenters. The van der Waals surface area contributed by atoms with Crippen LogP contribution in [0.1, 0.15) is 115 Å². The maximum Gasteiger partial charge on any atom is 0.475 e. The van der Waals surface area contributed by atoms with Crippen molar-refractivity contribution < 1.29 is 84.1 Å². The van der Waals surface area contributed by atoms with Crippen LogP contribution in [0, 0.1) is 274 Å². The maximum atomic E-state index is 16.9. The van der Waals surface area contributed by atoms with E-state index in [-0.39, 0.29) is 39.6 Å². The number of nitrogens with one attached hydrogen (secondary N) is 2. The molecule has 7 aromatic rings. The Balaban J connectivity index is 1.15. The first kappa shape index (κ1) is 112. The number of Topliss-reactive ketones (excluding diaryl/α,β-unsaturated/α-hetero) is 1. The van der Waals surface area contributed by atoms with Gasteiger partial charge in [-0.3, -0.25) is 57.0 Å². The Morgan fingerprint density at radius 1 is 0.537 bits per heavy atom. The number of fused-ring (bicyclic) bond motifs is 1. The second-order valence-electron chi connectivity index (χ2n) is 33.8. The van der Waals surface area contributed by atoms with Crippen molar-refractivity contribution in [3.8, 4) is 285 Å². The van der Waals surface area contributed by atoms with E-state index in [9.17, 15) is 24.0 Å². The summed E-state index contributed by atoms with van der Waals surface area (Å²) in [6.07, 6.45) is 3.24. The first-order chi connectivity index (χ1) is 70.5. The zero-order valence-corrected chi connectivity index (χ0v) is 85.2. The van der Waals surface area contributed by atoms with Crippen LogP contribution in [0.4, 0.5) is 5.95 Å². The fraction of sp³-hybridized carbons (Fsp3) is 0.287. The third kappa shape index (κ3) is 32.8. The summed E-state index contributed by atoms with van der Waals surface area (Å²) >= 11 is 0. The second-order valence-corrected chi connectivity index (χ2v) is 45.0. The minimum Gasteiger partial charge on any atom is -0.497 e. The standard InChI is InChI=1S/C115H89N8O21PSi2/c1-19-21-23-25-27-29-31-33-35-37-39-41-43-45-47-49-51-53-55-60-77-134-94-80-88(81-95(82-94)135-78-61-56-54-52-50-48-46-44-42-40-38-36-34-32-30-28-26-24-22-20-2)108(129)123-98(125)74-76-121(112(123)130)109-103(143-146(15,16)113(6,7)8)101(141-99(126)73-64-87(5)124)97(140-109)84-138-145(131,137-79-75-116-12)142-102-96(83-136-115(89-62-58-57-59-63-89,90-65-69-92(132-13)70-66-90)91-67-71-93(133-14)72-68-91)139-110(104(102)144-147(17,18)114(9,10)11)122-85-117-100-105(122)118-111(120-107(100)128)119-106(127)86(3)4/h1-2,57-59,62-63,65-72,74,76,80-82,85-86,96-97,101-104,109-110H,64,73,75,79,83-84H2,3-11,13-18H3,(H2,118,119,120,127,128)/t96-,97-,101+,102+,103?,104?,109-,110-,145?/m1/s1. The van der Waals surface area contributed by atoms with Gasteiger partial charge in [-0.15, -0.1) is 12.8 Å². The first-order valence-corrected chi connectivity index (χ1v) is 51.6. The Morgan fingerprint density at radius 3 is 1.38 bits per heavy atom. The van der Waals surface area contributed by atoms with Crippen LogP contribution in [0.3, 0.4) is 0 Å². The third-order valence-corrected chi connectivity index (χ3v) is 32.1. The van der Waals surface area contributed by atoms with E-state index in [1.807, 2.05) is 122 Å². The minimum absolute atomic E-state index is 0.111. The van der Waals surface area contributed by atoms with Crippen molar-refractivity contribution in [1.82, 2.24) is 28.7 Å². The maximum absolute atomic E-state index is 16.9. The summed E-state index contributed by atoms with van der Waals surface area (Å²) in [5, 5.41) is 1.33. The lowest BCUT2D eigenvalue weighted by Crippen LogP contribution is -2.51. The number of imidazole rings is 1. The van der Waals surface area contributed by atoms with Crippen molar-refractivity contribution in [2.24, 2.45) is 5.92 Å². The SMILES string of the molecule is [C-]#[N+]CCOP(=O)(OC[C@H]1O[C@@H](n2ccc(=O)n(C(=O)c3cc(OC#CC#CC#CC#CC#CC#CC#CC#CC#CC#CC#C)cc(OC#CC#CC#CC#CC#CC#CC#CC#CC#CC#CC#C)c3)c2=O)C(O[Si](C)(C)C(C)(C)C)[C@H]1OC(=O)CCC(C)=O)O[C@@H]1C(O[Si](C)(C)C(C)(C)C)[C@H](n2cnc3c(=O)[nH]c(NC(=O)C(C)C)nc32)O[C@@H]1COC(c1ccccc1)(c1ccc(OC)cc1)c1ccc(OC)cc1. The largest absolute Gasteiger partial charge is 0.497 e. The van der Waals surface area contributed by atoms with Gasteiger partial charge in [0.15, 0.2) is 46.4 Å². The van der Waals surface area contributed by atoms with Crippen LogP contribution in [-0.4, -0.2) is 146 Å². The molecule has 3 aromatic heterocycles. The number of ether oxygens (including phenoxy) is 8. The van der Waals surface area contributed by atoms with Gasteiger partial charge in [0.2, 0.25) is 18.4 Å². The number of H-pyrrole nitrogens is 1. The number of phosphoric ester groups is 1. The lowest BCUT2D eigenvalue weighted by atomic mass is 9.80. The molecule has 2 fully saturated rings. The number of methoxy groups -OCH3 is 2. The van der Waals surface area contributed by atoms with Crippen LogP contribution < -0.4 is 41.1 Å². The molecule has 0 radical (unpaired) electrons. The predicted octanol–water partition coefficient (Wildman–Crippen LogP) is 10.8. The molecule has 9 atom stereocenters. The Bertz CT molecular complexity index is 7840. The van der Waals surface area contributed by atoms with Crippen molar-refractivity contribution >= 4 is 65.1 Å². The smallest absolute Gasteiger partial charge is 0.475 e. The van der Waals surface area contributed by atoms with Crippen LogP contribution in [0.25, 0.3) is 16.0 Å². The molecule has 0 saturated carbocycles. The van der Waals surface area contributed by atoms with Gasteiger partial charge in [0.25, 0.3) is 17.0 Å². The molecule has 2 N–H and O–H groups in total. The zero-order chi connectivity index (χ0) is 106. The van der Waals surface area contributed by atoms with Crippen molar-refractivity contribution in [1.29, 1.82) is 0 Å². The molecule has 0 aliphatic carbocycles. The number of rotatable bonds is 31. The fourth-order valence-corrected chi connectivity index (χ4v) is 16.6. The Morgan fingerprint density at radius 2 is 0.959 bits per heavy atom. The molecular formula is C115H89N8O21PSi2. The molecule has 5 heterocycles. The number of nitrogens with zero attached hydrogens (tertiary/aromatic N) is 6. The number of esters is 1. The van der Waals surface area contributed by atoms with E-state index < -0.39 is 174 Å². The number of aromatic nitrogens is 6. The molecule has 32 heteroatoms. The van der Waals surface area contributed by atoms with Gasteiger partial charge in [-0.05, 0) is 191 Å². The highest BCUT2D eigenvalue weighted by molar-refractivity contribution is 7.48. The van der Waals surface area contributed by atoms with Gasteiger partial charge in [0.1, 0.15) is 83.7 Å². The van der Waals surface area contributed by atoms with Crippen molar-refractivity contribution in [3.05, 3.63) is 181 Å². The number of benzene rings is 4. The summed E-state index contributed by atoms with van der Waals surface area (Å²) in [4.78, 5) is 116. The third-order valence-electron chi connectivity index (χ3n) is 21.7. The number of carbonyl (C=O) groups is 4. The molecule has 0 spiro atoms. The summed E-state index contributed by atoms with van der Waals surface area (Å²) in [5.74, 6) is 94.6. The van der Waals surface area contributed by atoms with Crippen LogP contribution in [0.15, 0.2) is 130 Å². The number of amides is 1. The van der Waals surface area contributed by atoms with E-state index in [0.717, 1.165) is 29.0 Å². The molecular weight excluding hydrogens is 1920 g/mol. The lowest BCUT2D eigenvalue weighted by Gasteiger charge is -2.41. The molecule has 2 saturated heterocycles. The van der Waals surface area contributed by atoms with Crippen molar-refractivity contribution in [2.75, 3.05) is 45.9 Å². The highest BCUT2D eigenvalue weighted by atomic mass is 31.2. The number of anilines is 1. The summed E-state index contributed by atoms with van der Waals surface area (Å²) in [5.41, 5.74) is -3.90. The average molecular weight is 2010 g/mol. The normalized spacial score (nSPS) is 15.4. The van der Waals surface area contributed by atoms with Crippen LogP contribution >= 0.6 is 7.82 Å². The monoisotopic (exact) mass is 2000 g/mol. The number of aromatic amines is 1. The van der Waals surface area contributed by atoms with Gasteiger partial charge in [-0.25, -0.2) is 20.9 Å². The number of hydrogen-bond donors (Lipinski definition) is 2. The first-order valence-electron chi connectivity index (χ1n) is 44.3. The van der Waals surface area contributed by atoms with E-state index >= 15 is 14.2 Å². The molecule has 2 aliphatic heterocycles. The number of hydrogen-bond acceptors (Lipinski definition) is 23. The van der Waals surface area contributed by atoms with Gasteiger partial charge >= 0.3 is 19.5 Å². The van der Waals surface area contributed by atoms with Crippen LogP contribution in [-0.2, 0) is 65.9 Å². The van der Waals surface area contributed by atoms with E-state index in [2.05, 4.69) is 269 Å². The number of terminal acetylenes is 2. The Labute approximate surface area is 856 Å². The van der Waals surface area contributed by atoms with Gasteiger partial charge in [0.05, 0.1) is 40.2 Å². The van der Waals surface area contributed by atoms with Gasteiger partial charge in [0, 0.05) is 178 Å². The van der Waals surface area contributed by atoms with E-state index in [0.29, 0.717) is 28.2 Å². The zero-order valence-electron chi connectivity index (χ0n) is 82.3. The molecule has 0 bridgehead atoms. The number of ketones is 1. The van der Waals surface area contributed by atoms with Gasteiger partial charge in [-0.2, -0.15) is 9.55 Å². The van der Waals surface area contributed by atoms with Crippen molar-refractivity contribution in [3.63, 3.8) is 0 Å². The molecule has 4 aromatic carbocycles. The molecule has 1 amide bonds. The van der Waals surface area contributed by atoms with E-state index in [4.69, 9.17) is 84.7 Å². The molecule has 728 valence electrons. The Kier molecular flexibility index (Phi) is 42.0.